The second-order valence-electron chi connectivity index (χ2n) is 8.02. The molecule has 0 aliphatic carbocycles. The fourth-order valence-corrected chi connectivity index (χ4v) is 6.42. The summed E-state index contributed by atoms with van der Waals surface area (Å²) in [5.41, 5.74) is 1.81. The monoisotopic (exact) mass is 511 g/mol. The van der Waals surface area contributed by atoms with Crippen LogP contribution >= 0.6 is 10.7 Å². The molecule has 12 heteroatoms. The van der Waals surface area contributed by atoms with E-state index < -0.39 is 27.2 Å². The van der Waals surface area contributed by atoms with Crippen molar-refractivity contribution in [3.8, 4) is 28.7 Å². The fourth-order valence-electron chi connectivity index (χ4n) is 5.05. The van der Waals surface area contributed by atoms with E-state index in [1.807, 2.05) is 11.9 Å². The molecule has 3 aliphatic heterocycles. The number of methoxy groups -OCH3 is 3. The molecule has 0 bridgehead atoms. The number of cyclic esters (lactones) is 1. The summed E-state index contributed by atoms with van der Waals surface area (Å²) in [6.07, 6.45) is -0.428. The third-order valence-corrected chi connectivity index (χ3v) is 7.79. The van der Waals surface area contributed by atoms with Crippen molar-refractivity contribution in [1.82, 2.24) is 4.90 Å². The van der Waals surface area contributed by atoms with Crippen molar-refractivity contribution in [2.75, 3.05) is 41.7 Å². The molecule has 0 saturated heterocycles. The van der Waals surface area contributed by atoms with E-state index in [2.05, 4.69) is 0 Å². The van der Waals surface area contributed by atoms with Gasteiger partial charge < -0.3 is 28.4 Å². The van der Waals surface area contributed by atoms with Crippen molar-refractivity contribution in [2.45, 2.75) is 23.5 Å². The van der Waals surface area contributed by atoms with Gasteiger partial charge in [0.15, 0.2) is 23.0 Å². The van der Waals surface area contributed by atoms with Crippen LogP contribution < -0.4 is 23.7 Å². The maximum absolute atomic E-state index is 13.0. The van der Waals surface area contributed by atoms with Gasteiger partial charge in [-0.15, -0.1) is 0 Å². The van der Waals surface area contributed by atoms with E-state index >= 15 is 0 Å². The summed E-state index contributed by atoms with van der Waals surface area (Å²) < 4.78 is 58.7. The van der Waals surface area contributed by atoms with E-state index in [9.17, 15) is 13.2 Å². The summed E-state index contributed by atoms with van der Waals surface area (Å²) in [5, 5.41) is 0. The van der Waals surface area contributed by atoms with Crippen LogP contribution in [-0.4, -0.2) is 61.0 Å². The molecule has 0 aromatic heterocycles. The van der Waals surface area contributed by atoms with Gasteiger partial charge in [0.1, 0.15) is 16.6 Å². The van der Waals surface area contributed by atoms with Gasteiger partial charge in [-0.1, -0.05) is 6.07 Å². The number of halogens is 1. The largest absolute Gasteiger partial charge is 0.493 e. The van der Waals surface area contributed by atoms with E-state index in [-0.39, 0.29) is 34.5 Å². The maximum Gasteiger partial charge on any atom is 0.343 e. The Morgan fingerprint density at radius 2 is 1.76 bits per heavy atom. The van der Waals surface area contributed by atoms with Crippen LogP contribution in [0.25, 0.3) is 0 Å². The molecule has 2 aromatic carbocycles. The van der Waals surface area contributed by atoms with Gasteiger partial charge in [0.2, 0.25) is 12.5 Å². The number of esters is 1. The van der Waals surface area contributed by atoms with Crippen molar-refractivity contribution in [2.24, 2.45) is 0 Å². The maximum atomic E-state index is 13.0. The number of hydrogen-bond acceptors (Lipinski definition) is 10. The molecule has 2 unspecified atom stereocenters. The third-order valence-electron chi connectivity index (χ3n) is 6.41. The molecule has 0 spiro atoms. The lowest BCUT2D eigenvalue weighted by molar-refractivity contribution is 0.00856. The van der Waals surface area contributed by atoms with Crippen molar-refractivity contribution in [1.29, 1.82) is 0 Å². The summed E-state index contributed by atoms with van der Waals surface area (Å²) in [7, 11) is 7.91. The second-order valence-corrected chi connectivity index (χ2v) is 10.5. The minimum Gasteiger partial charge on any atom is -0.493 e. The summed E-state index contributed by atoms with van der Waals surface area (Å²) >= 11 is 0. The first kappa shape index (κ1) is 22.9. The Balaban J connectivity index is 1.78. The van der Waals surface area contributed by atoms with Crippen LogP contribution in [0.15, 0.2) is 17.0 Å². The lowest BCUT2D eigenvalue weighted by Gasteiger charge is -2.39. The minimum absolute atomic E-state index is 0.0316. The zero-order chi connectivity index (χ0) is 24.4. The smallest absolute Gasteiger partial charge is 0.343 e. The SMILES string of the molecule is COc1ccc2c(c1OC)C(=O)OC2C1c2c(c(S(=O)(=O)Cl)c3c(c2OC)OCO3)CCN1C. The lowest BCUT2D eigenvalue weighted by atomic mass is 9.85. The summed E-state index contributed by atoms with van der Waals surface area (Å²) in [6.45, 7) is 0.295. The van der Waals surface area contributed by atoms with Gasteiger partial charge in [-0.25, -0.2) is 13.2 Å². The summed E-state index contributed by atoms with van der Waals surface area (Å²) in [6, 6.07) is 2.84. The van der Waals surface area contributed by atoms with E-state index in [0.29, 0.717) is 41.2 Å². The molecule has 0 fully saturated rings. The average molecular weight is 512 g/mol. The standard InChI is InChI=1S/C22H22ClNO9S/c1-24-8-7-11-13(18(30-4)19-20(32-9-31-19)21(11)34(23,26)27)15(24)16-10-5-6-12(28-2)17(29-3)14(10)22(25)33-16/h5-6,15-16H,7-9H2,1-4H3. The predicted molar refractivity (Wildman–Crippen MR) is 119 cm³/mol. The van der Waals surface area contributed by atoms with Gasteiger partial charge in [-0.3, -0.25) is 4.90 Å². The van der Waals surface area contributed by atoms with Crippen molar-refractivity contribution < 1.29 is 41.6 Å². The van der Waals surface area contributed by atoms with E-state index in [1.165, 1.54) is 21.3 Å². The number of fused-ring (bicyclic) bond motifs is 3. The summed E-state index contributed by atoms with van der Waals surface area (Å²) in [5.74, 6) is 0.594. The number of carbonyl (C=O) groups is 1. The molecule has 3 aliphatic rings. The minimum atomic E-state index is -4.20. The number of benzene rings is 2. The molecule has 3 heterocycles. The normalized spacial score (nSPS) is 21.0. The van der Waals surface area contributed by atoms with E-state index in [1.54, 1.807) is 12.1 Å². The number of hydrogen-bond donors (Lipinski definition) is 0. The average Bonchev–Trinajstić information content (AvgIpc) is 3.40. The number of rotatable bonds is 5. The molecule has 2 aromatic rings. The summed E-state index contributed by atoms with van der Waals surface area (Å²) in [4.78, 5) is 14.8. The molecular formula is C22H22ClNO9S. The highest BCUT2D eigenvalue weighted by Crippen LogP contribution is 2.58. The molecule has 10 nitrogen and oxygen atoms in total. The molecule has 182 valence electrons. The van der Waals surface area contributed by atoms with Gasteiger partial charge in [0.05, 0.1) is 27.4 Å². The highest BCUT2D eigenvalue weighted by Gasteiger charge is 2.48. The zero-order valence-electron chi connectivity index (χ0n) is 18.8. The first-order chi connectivity index (χ1) is 16.2. The Morgan fingerprint density at radius 3 is 2.41 bits per heavy atom. The Kier molecular flexibility index (Phi) is 5.45. The van der Waals surface area contributed by atoms with Crippen LogP contribution in [0.2, 0.25) is 0 Å². The molecule has 0 N–H and O–H groups in total. The van der Waals surface area contributed by atoms with Crippen LogP contribution in [-0.2, 0) is 20.2 Å². The van der Waals surface area contributed by atoms with Crippen LogP contribution in [0.1, 0.15) is 39.2 Å². The number of nitrogens with zero attached hydrogens (tertiary/aromatic N) is 1. The first-order valence-electron chi connectivity index (χ1n) is 10.4. The van der Waals surface area contributed by atoms with Gasteiger partial charge in [0.25, 0.3) is 9.05 Å². The molecule has 0 amide bonds. The van der Waals surface area contributed by atoms with Gasteiger partial charge in [-0.05, 0) is 25.1 Å². The Morgan fingerprint density at radius 1 is 1.06 bits per heavy atom. The number of carbonyl (C=O) groups excluding carboxylic acids is 1. The molecule has 0 radical (unpaired) electrons. The van der Waals surface area contributed by atoms with E-state index in [4.69, 9.17) is 39.1 Å². The van der Waals surface area contributed by atoms with Crippen LogP contribution in [0.5, 0.6) is 28.7 Å². The highest BCUT2D eigenvalue weighted by atomic mass is 35.7. The topological polar surface area (TPSA) is 110 Å². The lowest BCUT2D eigenvalue weighted by Crippen LogP contribution is -2.37. The van der Waals surface area contributed by atoms with Crippen LogP contribution in [0.3, 0.4) is 0 Å². The van der Waals surface area contributed by atoms with Crippen molar-refractivity contribution in [3.05, 3.63) is 34.4 Å². The Hall–Kier alpha value is -2.89. The van der Waals surface area contributed by atoms with E-state index in [0.717, 1.165) is 0 Å². The third kappa shape index (κ3) is 3.18. The van der Waals surface area contributed by atoms with Crippen LogP contribution in [0.4, 0.5) is 0 Å². The fraction of sp³-hybridized carbons (Fsp3) is 0.409. The number of ether oxygens (including phenoxy) is 6. The van der Waals surface area contributed by atoms with Gasteiger partial charge in [0, 0.05) is 28.4 Å². The molecular weight excluding hydrogens is 490 g/mol. The Bertz CT molecular complexity index is 1310. The van der Waals surface area contributed by atoms with Gasteiger partial charge >= 0.3 is 5.97 Å². The highest BCUT2D eigenvalue weighted by molar-refractivity contribution is 8.13. The van der Waals surface area contributed by atoms with Crippen LogP contribution in [0, 0.1) is 0 Å². The second kappa shape index (κ2) is 8.10. The molecule has 0 saturated carbocycles. The predicted octanol–water partition coefficient (Wildman–Crippen LogP) is 2.81. The molecule has 2 atom stereocenters. The van der Waals surface area contributed by atoms with Crippen molar-refractivity contribution >= 4 is 25.7 Å². The zero-order valence-corrected chi connectivity index (χ0v) is 20.4. The Labute approximate surface area is 200 Å². The first-order valence-corrected chi connectivity index (χ1v) is 12.7. The molecule has 34 heavy (non-hydrogen) atoms. The number of likely N-dealkylation sites (N-methyl/N-ethyl adjacent to an activating group) is 1. The van der Waals surface area contributed by atoms with Crippen molar-refractivity contribution in [3.63, 3.8) is 0 Å². The quantitative estimate of drug-likeness (QED) is 0.439. The molecule has 5 rings (SSSR count). The van der Waals surface area contributed by atoms with Gasteiger partial charge in [-0.2, -0.15) is 0 Å².